The Bertz CT molecular complexity index is 531. The number of esters is 1. The van der Waals surface area contributed by atoms with Crippen LogP contribution in [0.4, 0.5) is 4.79 Å². The summed E-state index contributed by atoms with van der Waals surface area (Å²) in [4.78, 5) is 34.9. The van der Waals surface area contributed by atoms with Gasteiger partial charge >= 0.3 is 12.1 Å². The zero-order chi connectivity index (χ0) is 15.2. The molecular formula is C14H16N2O5. The minimum atomic E-state index is -0.708. The van der Waals surface area contributed by atoms with Gasteiger partial charge in [0.05, 0.1) is 19.6 Å². The van der Waals surface area contributed by atoms with Crippen LogP contribution in [0.2, 0.25) is 0 Å². The van der Waals surface area contributed by atoms with Gasteiger partial charge in [0.25, 0.3) is 0 Å². The van der Waals surface area contributed by atoms with Crippen LogP contribution in [0.15, 0.2) is 30.3 Å². The lowest BCUT2D eigenvalue weighted by Crippen LogP contribution is -2.54. The summed E-state index contributed by atoms with van der Waals surface area (Å²) in [5, 5.41) is 0.996. The van der Waals surface area contributed by atoms with Crippen molar-refractivity contribution in [3.8, 4) is 0 Å². The van der Waals surface area contributed by atoms with Crippen LogP contribution in [-0.4, -0.2) is 36.6 Å². The second-order valence-corrected chi connectivity index (χ2v) is 4.61. The van der Waals surface area contributed by atoms with Crippen LogP contribution in [0.3, 0.4) is 0 Å². The second kappa shape index (κ2) is 6.74. The van der Waals surface area contributed by atoms with Crippen LogP contribution < -0.4 is 5.43 Å². The molecule has 2 amide bonds. The number of carbonyl (C=O) groups excluding carboxylic acids is 3. The molecule has 0 bridgehead atoms. The molecule has 0 radical (unpaired) electrons. The van der Waals surface area contributed by atoms with Gasteiger partial charge in [-0.25, -0.2) is 9.80 Å². The first-order valence-corrected chi connectivity index (χ1v) is 6.45. The topological polar surface area (TPSA) is 84.9 Å². The molecule has 1 aromatic carbocycles. The number of nitrogens with one attached hydrogen (secondary N) is 1. The van der Waals surface area contributed by atoms with Crippen molar-refractivity contribution in [3.63, 3.8) is 0 Å². The predicted molar refractivity (Wildman–Crippen MR) is 71.6 cm³/mol. The normalized spacial score (nSPS) is 17.9. The fraction of sp³-hybridized carbons (Fsp3) is 0.357. The molecular weight excluding hydrogens is 276 g/mol. The van der Waals surface area contributed by atoms with Crippen LogP contribution in [0.25, 0.3) is 0 Å². The summed E-state index contributed by atoms with van der Waals surface area (Å²) in [7, 11) is 1.24. The van der Waals surface area contributed by atoms with Crippen molar-refractivity contribution in [2.45, 2.75) is 13.0 Å². The molecule has 21 heavy (non-hydrogen) atoms. The number of rotatable bonds is 3. The molecule has 7 heteroatoms. The first-order chi connectivity index (χ1) is 10.1. The van der Waals surface area contributed by atoms with Crippen molar-refractivity contribution in [3.05, 3.63) is 35.9 Å². The van der Waals surface area contributed by atoms with E-state index >= 15 is 0 Å². The molecule has 1 fully saturated rings. The lowest BCUT2D eigenvalue weighted by molar-refractivity contribution is -0.151. The summed E-state index contributed by atoms with van der Waals surface area (Å²) >= 11 is 0. The SMILES string of the molecule is COC(=O)C1CC(=O)NN(C(=O)OCc2ccccc2)C1. The maximum absolute atomic E-state index is 11.9. The molecule has 1 atom stereocenters. The second-order valence-electron chi connectivity index (χ2n) is 4.61. The number of hydrogen-bond acceptors (Lipinski definition) is 5. The summed E-state index contributed by atoms with van der Waals surface area (Å²) in [6.45, 7) is 0.126. The molecule has 0 spiro atoms. The minimum absolute atomic E-state index is 0.00482. The summed E-state index contributed by atoms with van der Waals surface area (Å²) in [5.74, 6) is -1.62. The van der Waals surface area contributed by atoms with Gasteiger partial charge in [0, 0.05) is 6.42 Å². The van der Waals surface area contributed by atoms with Gasteiger partial charge in [0.2, 0.25) is 5.91 Å². The highest BCUT2D eigenvalue weighted by Crippen LogP contribution is 2.14. The Balaban J connectivity index is 1.92. The standard InChI is InChI=1S/C14H16N2O5/c1-20-13(18)11-7-12(17)15-16(8-11)14(19)21-9-10-5-3-2-4-6-10/h2-6,11H,7-9H2,1H3,(H,15,17). The maximum Gasteiger partial charge on any atom is 0.429 e. The summed E-state index contributed by atoms with van der Waals surface area (Å²) in [6.07, 6.45) is -0.712. The highest BCUT2D eigenvalue weighted by atomic mass is 16.6. The molecule has 1 aliphatic heterocycles. The van der Waals surface area contributed by atoms with E-state index in [1.165, 1.54) is 7.11 Å². The number of hydrazine groups is 1. The molecule has 0 saturated carbocycles. The van der Waals surface area contributed by atoms with E-state index in [-0.39, 0.29) is 19.6 Å². The van der Waals surface area contributed by atoms with E-state index < -0.39 is 23.9 Å². The number of hydrogen-bond donors (Lipinski definition) is 1. The Morgan fingerprint density at radius 1 is 1.33 bits per heavy atom. The van der Waals surface area contributed by atoms with Crippen LogP contribution >= 0.6 is 0 Å². The van der Waals surface area contributed by atoms with Crippen molar-refractivity contribution >= 4 is 18.0 Å². The van der Waals surface area contributed by atoms with E-state index in [1.54, 1.807) is 0 Å². The first-order valence-electron chi connectivity index (χ1n) is 6.45. The third-order valence-corrected chi connectivity index (χ3v) is 3.05. The molecule has 112 valence electrons. The average Bonchev–Trinajstić information content (AvgIpc) is 2.52. The fourth-order valence-corrected chi connectivity index (χ4v) is 1.99. The highest BCUT2D eigenvalue weighted by molar-refractivity contribution is 5.86. The third-order valence-electron chi connectivity index (χ3n) is 3.05. The van der Waals surface area contributed by atoms with Crippen molar-refractivity contribution in [2.75, 3.05) is 13.7 Å². The van der Waals surface area contributed by atoms with Gasteiger partial charge in [0.15, 0.2) is 0 Å². The number of benzene rings is 1. The molecule has 0 aliphatic carbocycles. The zero-order valence-electron chi connectivity index (χ0n) is 11.6. The zero-order valence-corrected chi connectivity index (χ0v) is 11.6. The van der Waals surface area contributed by atoms with Crippen molar-refractivity contribution in [2.24, 2.45) is 5.92 Å². The van der Waals surface area contributed by atoms with E-state index in [1.807, 2.05) is 30.3 Å². The molecule has 1 saturated heterocycles. The Labute approximate surface area is 121 Å². The van der Waals surface area contributed by atoms with E-state index in [0.717, 1.165) is 10.6 Å². The Morgan fingerprint density at radius 2 is 2.05 bits per heavy atom. The van der Waals surface area contributed by atoms with Gasteiger partial charge in [-0.3, -0.25) is 15.0 Å². The van der Waals surface area contributed by atoms with Crippen LogP contribution in [-0.2, 0) is 25.7 Å². The molecule has 1 aliphatic rings. The lowest BCUT2D eigenvalue weighted by atomic mass is 10.0. The van der Waals surface area contributed by atoms with Crippen LogP contribution in [0.1, 0.15) is 12.0 Å². The van der Waals surface area contributed by atoms with E-state index in [2.05, 4.69) is 10.2 Å². The third kappa shape index (κ3) is 3.95. The summed E-state index contributed by atoms with van der Waals surface area (Å²) in [6, 6.07) is 9.16. The largest absolute Gasteiger partial charge is 0.469 e. The molecule has 2 rings (SSSR count). The molecule has 1 aromatic rings. The fourth-order valence-electron chi connectivity index (χ4n) is 1.99. The molecule has 1 heterocycles. The number of amides is 2. The van der Waals surface area contributed by atoms with Gasteiger partial charge in [-0.2, -0.15) is 0 Å². The summed E-state index contributed by atoms with van der Waals surface area (Å²) < 4.78 is 9.70. The number of carbonyl (C=O) groups is 3. The Morgan fingerprint density at radius 3 is 2.71 bits per heavy atom. The Kier molecular flexibility index (Phi) is 4.76. The Hall–Kier alpha value is -2.57. The highest BCUT2D eigenvalue weighted by Gasteiger charge is 2.34. The smallest absolute Gasteiger partial charge is 0.429 e. The maximum atomic E-state index is 11.9. The predicted octanol–water partition coefficient (Wildman–Crippen LogP) is 0.849. The molecule has 7 nitrogen and oxygen atoms in total. The van der Waals surface area contributed by atoms with Gasteiger partial charge < -0.3 is 9.47 Å². The van der Waals surface area contributed by atoms with Gasteiger partial charge in [-0.15, -0.1) is 0 Å². The molecule has 0 aromatic heterocycles. The van der Waals surface area contributed by atoms with E-state index in [0.29, 0.717) is 0 Å². The number of nitrogens with zero attached hydrogens (tertiary/aromatic N) is 1. The number of ether oxygens (including phenoxy) is 2. The van der Waals surface area contributed by atoms with Gasteiger partial charge in [-0.1, -0.05) is 30.3 Å². The first kappa shape index (κ1) is 14.8. The van der Waals surface area contributed by atoms with Crippen LogP contribution in [0.5, 0.6) is 0 Å². The van der Waals surface area contributed by atoms with Gasteiger partial charge in [-0.05, 0) is 5.56 Å². The van der Waals surface area contributed by atoms with Crippen molar-refractivity contribution < 1.29 is 23.9 Å². The van der Waals surface area contributed by atoms with Gasteiger partial charge in [0.1, 0.15) is 6.61 Å². The van der Waals surface area contributed by atoms with E-state index in [4.69, 9.17) is 4.74 Å². The molecule has 1 unspecified atom stereocenters. The number of methoxy groups -OCH3 is 1. The summed E-state index contributed by atoms with van der Waals surface area (Å²) in [5.41, 5.74) is 3.21. The van der Waals surface area contributed by atoms with Crippen molar-refractivity contribution in [1.82, 2.24) is 10.4 Å². The quantitative estimate of drug-likeness (QED) is 0.835. The lowest BCUT2D eigenvalue weighted by Gasteiger charge is -2.30. The van der Waals surface area contributed by atoms with E-state index in [9.17, 15) is 14.4 Å². The average molecular weight is 292 g/mol. The van der Waals surface area contributed by atoms with Crippen molar-refractivity contribution in [1.29, 1.82) is 0 Å². The van der Waals surface area contributed by atoms with Crippen LogP contribution in [0, 0.1) is 5.92 Å². The monoisotopic (exact) mass is 292 g/mol. The minimum Gasteiger partial charge on any atom is -0.469 e. The molecule has 1 N–H and O–H groups in total.